The standard InChI is InChI=1S/C15H10F2N2O2/c16-11-5-3-6-12(17)15(11)21-9-14(20)19-13-7-2-1-4-10(13)8-18/h1-7H,9H2,(H,19,20). The molecule has 0 saturated heterocycles. The fraction of sp³-hybridized carbons (Fsp3) is 0.0667. The van der Waals surface area contributed by atoms with Gasteiger partial charge in [0.15, 0.2) is 24.0 Å². The van der Waals surface area contributed by atoms with Crippen LogP contribution in [0.4, 0.5) is 14.5 Å². The van der Waals surface area contributed by atoms with Crippen molar-refractivity contribution in [2.45, 2.75) is 0 Å². The van der Waals surface area contributed by atoms with Crippen molar-refractivity contribution in [1.82, 2.24) is 0 Å². The van der Waals surface area contributed by atoms with Crippen molar-refractivity contribution < 1.29 is 18.3 Å². The number of carbonyl (C=O) groups excluding carboxylic acids is 1. The first-order valence-corrected chi connectivity index (χ1v) is 5.97. The highest BCUT2D eigenvalue weighted by molar-refractivity contribution is 5.93. The molecule has 1 N–H and O–H groups in total. The summed E-state index contributed by atoms with van der Waals surface area (Å²) in [4.78, 5) is 11.7. The largest absolute Gasteiger partial charge is 0.478 e. The van der Waals surface area contributed by atoms with Gasteiger partial charge < -0.3 is 10.1 Å². The molecule has 0 aliphatic rings. The van der Waals surface area contributed by atoms with Gasteiger partial charge in [-0.1, -0.05) is 18.2 Å². The van der Waals surface area contributed by atoms with Gasteiger partial charge in [-0.05, 0) is 24.3 Å². The fourth-order valence-corrected chi connectivity index (χ4v) is 1.63. The van der Waals surface area contributed by atoms with Gasteiger partial charge in [-0.3, -0.25) is 4.79 Å². The molecule has 0 radical (unpaired) electrons. The Hall–Kier alpha value is -2.94. The first kappa shape index (κ1) is 14.5. The van der Waals surface area contributed by atoms with Crippen molar-refractivity contribution in [2.75, 3.05) is 11.9 Å². The minimum Gasteiger partial charge on any atom is -0.478 e. The second-order valence-corrected chi connectivity index (χ2v) is 4.05. The number of amides is 1. The van der Waals surface area contributed by atoms with Gasteiger partial charge in [-0.25, -0.2) is 8.78 Å². The number of nitrogens with zero attached hydrogens (tertiary/aromatic N) is 1. The van der Waals surface area contributed by atoms with Crippen LogP contribution >= 0.6 is 0 Å². The number of rotatable bonds is 4. The highest BCUT2D eigenvalue weighted by Crippen LogP contribution is 2.21. The van der Waals surface area contributed by atoms with Crippen molar-refractivity contribution in [3.8, 4) is 11.8 Å². The Labute approximate surface area is 119 Å². The number of hydrogen-bond acceptors (Lipinski definition) is 3. The number of anilines is 1. The second kappa shape index (κ2) is 6.48. The molecular weight excluding hydrogens is 278 g/mol. The Morgan fingerprint density at radius 3 is 2.48 bits per heavy atom. The van der Waals surface area contributed by atoms with E-state index in [1.165, 1.54) is 12.1 Å². The summed E-state index contributed by atoms with van der Waals surface area (Å²) < 4.78 is 31.4. The lowest BCUT2D eigenvalue weighted by atomic mass is 10.2. The molecule has 2 rings (SSSR count). The van der Waals surface area contributed by atoms with Gasteiger partial charge in [0.05, 0.1) is 11.3 Å². The molecule has 106 valence electrons. The summed E-state index contributed by atoms with van der Waals surface area (Å²) in [5.74, 6) is -3.01. The highest BCUT2D eigenvalue weighted by Gasteiger charge is 2.12. The molecule has 1 amide bonds. The quantitative estimate of drug-likeness (QED) is 0.941. The monoisotopic (exact) mass is 288 g/mol. The molecule has 0 fully saturated rings. The van der Waals surface area contributed by atoms with Crippen molar-refractivity contribution in [1.29, 1.82) is 5.26 Å². The highest BCUT2D eigenvalue weighted by atomic mass is 19.1. The maximum Gasteiger partial charge on any atom is 0.262 e. The average molecular weight is 288 g/mol. The lowest BCUT2D eigenvalue weighted by Crippen LogP contribution is -2.21. The lowest BCUT2D eigenvalue weighted by molar-refractivity contribution is -0.118. The van der Waals surface area contributed by atoms with Gasteiger partial charge >= 0.3 is 0 Å². The van der Waals surface area contributed by atoms with Gasteiger partial charge in [-0.2, -0.15) is 5.26 Å². The van der Waals surface area contributed by atoms with E-state index in [1.807, 2.05) is 6.07 Å². The molecule has 0 atom stereocenters. The van der Waals surface area contributed by atoms with Crippen LogP contribution in [-0.4, -0.2) is 12.5 Å². The summed E-state index contributed by atoms with van der Waals surface area (Å²) in [6.45, 7) is -0.572. The third-order valence-electron chi connectivity index (χ3n) is 2.59. The maximum atomic E-state index is 13.3. The summed E-state index contributed by atoms with van der Waals surface area (Å²) in [6.07, 6.45) is 0. The zero-order valence-corrected chi connectivity index (χ0v) is 10.8. The first-order valence-electron chi connectivity index (χ1n) is 5.97. The normalized spacial score (nSPS) is 9.76. The Morgan fingerprint density at radius 2 is 1.81 bits per heavy atom. The summed E-state index contributed by atoms with van der Waals surface area (Å²) in [5.41, 5.74) is 0.588. The molecule has 4 nitrogen and oxygen atoms in total. The van der Waals surface area contributed by atoms with Crippen LogP contribution in [0.25, 0.3) is 0 Å². The molecule has 0 heterocycles. The summed E-state index contributed by atoms with van der Waals surface area (Å²) in [6, 6.07) is 11.5. The Bertz CT molecular complexity index is 691. The van der Waals surface area contributed by atoms with Crippen LogP contribution in [0.3, 0.4) is 0 Å². The molecule has 0 bridgehead atoms. The molecule has 0 aliphatic carbocycles. The maximum absolute atomic E-state index is 13.3. The summed E-state index contributed by atoms with van der Waals surface area (Å²) in [7, 11) is 0. The molecule has 6 heteroatoms. The number of ether oxygens (including phenoxy) is 1. The molecule has 2 aromatic rings. The number of nitriles is 1. The van der Waals surface area contributed by atoms with Crippen molar-refractivity contribution in [2.24, 2.45) is 0 Å². The van der Waals surface area contributed by atoms with E-state index in [9.17, 15) is 13.6 Å². The van der Waals surface area contributed by atoms with Gasteiger partial charge in [0, 0.05) is 0 Å². The van der Waals surface area contributed by atoms with Gasteiger partial charge in [0.1, 0.15) is 6.07 Å². The van der Waals surface area contributed by atoms with Gasteiger partial charge in [0.25, 0.3) is 5.91 Å². The molecule has 2 aromatic carbocycles. The van der Waals surface area contributed by atoms with Crippen LogP contribution < -0.4 is 10.1 Å². The van der Waals surface area contributed by atoms with E-state index >= 15 is 0 Å². The van der Waals surface area contributed by atoms with E-state index in [2.05, 4.69) is 5.32 Å². The molecule has 21 heavy (non-hydrogen) atoms. The van der Waals surface area contributed by atoms with Gasteiger partial charge in [0.2, 0.25) is 0 Å². The molecular formula is C15H10F2N2O2. The third kappa shape index (κ3) is 3.54. The molecule has 0 saturated carbocycles. The minimum absolute atomic E-state index is 0.280. The molecule has 0 aromatic heterocycles. The topological polar surface area (TPSA) is 62.1 Å². The number of nitrogens with one attached hydrogen (secondary N) is 1. The van der Waals surface area contributed by atoms with Crippen LogP contribution in [0.15, 0.2) is 42.5 Å². The minimum atomic E-state index is -0.889. The van der Waals surface area contributed by atoms with E-state index in [-0.39, 0.29) is 5.56 Å². The Morgan fingerprint density at radius 1 is 1.14 bits per heavy atom. The predicted octanol–water partition coefficient (Wildman–Crippen LogP) is 2.85. The average Bonchev–Trinajstić information content (AvgIpc) is 2.47. The third-order valence-corrected chi connectivity index (χ3v) is 2.59. The SMILES string of the molecule is N#Cc1ccccc1NC(=O)COc1c(F)cccc1F. The zero-order chi connectivity index (χ0) is 15.2. The first-order chi connectivity index (χ1) is 10.1. The summed E-state index contributed by atoms with van der Waals surface area (Å²) >= 11 is 0. The molecule has 0 spiro atoms. The van der Waals surface area contributed by atoms with Gasteiger partial charge in [-0.15, -0.1) is 0 Å². The lowest BCUT2D eigenvalue weighted by Gasteiger charge is -2.09. The van der Waals surface area contributed by atoms with Crippen LogP contribution in [0.2, 0.25) is 0 Å². The van der Waals surface area contributed by atoms with Crippen LogP contribution in [0, 0.1) is 23.0 Å². The van der Waals surface area contributed by atoms with E-state index in [1.54, 1.807) is 18.2 Å². The van der Waals surface area contributed by atoms with Crippen LogP contribution in [0.5, 0.6) is 5.75 Å². The Kier molecular flexibility index (Phi) is 4.46. The Balaban J connectivity index is 2.02. The van der Waals surface area contributed by atoms with Crippen molar-refractivity contribution in [3.05, 3.63) is 59.7 Å². The van der Waals surface area contributed by atoms with E-state index < -0.39 is 29.9 Å². The fourth-order valence-electron chi connectivity index (χ4n) is 1.63. The van der Waals surface area contributed by atoms with E-state index in [4.69, 9.17) is 10.00 Å². The van der Waals surface area contributed by atoms with E-state index in [0.29, 0.717) is 5.69 Å². The smallest absolute Gasteiger partial charge is 0.262 e. The van der Waals surface area contributed by atoms with E-state index in [0.717, 1.165) is 12.1 Å². The number of halogens is 2. The zero-order valence-electron chi connectivity index (χ0n) is 10.8. The second-order valence-electron chi connectivity index (χ2n) is 4.05. The predicted molar refractivity (Wildman–Crippen MR) is 71.6 cm³/mol. The van der Waals surface area contributed by atoms with Crippen molar-refractivity contribution >= 4 is 11.6 Å². The number of hydrogen-bond donors (Lipinski definition) is 1. The number of para-hydroxylation sites is 2. The van der Waals surface area contributed by atoms with Crippen molar-refractivity contribution in [3.63, 3.8) is 0 Å². The molecule has 0 aliphatic heterocycles. The summed E-state index contributed by atoms with van der Waals surface area (Å²) in [5, 5.41) is 11.3. The molecule has 0 unspecified atom stereocenters. The number of carbonyl (C=O) groups is 1. The number of benzene rings is 2. The van der Waals surface area contributed by atoms with Crippen LogP contribution in [-0.2, 0) is 4.79 Å². The van der Waals surface area contributed by atoms with Crippen LogP contribution in [0.1, 0.15) is 5.56 Å².